The first-order valence-electron chi connectivity index (χ1n) is 8.20. The molecule has 1 amide bonds. The molecule has 136 valence electrons. The van der Waals surface area contributed by atoms with Crippen LogP contribution < -0.4 is 16.6 Å². The van der Waals surface area contributed by atoms with Crippen molar-refractivity contribution in [1.82, 2.24) is 24.8 Å². The maximum atomic E-state index is 12.3. The maximum Gasteiger partial charge on any atom is 0.326 e. The summed E-state index contributed by atoms with van der Waals surface area (Å²) >= 11 is 0. The Labute approximate surface area is 148 Å². The van der Waals surface area contributed by atoms with Crippen molar-refractivity contribution in [3.8, 4) is 0 Å². The molecule has 1 aromatic carbocycles. The van der Waals surface area contributed by atoms with Crippen LogP contribution in [0.2, 0.25) is 0 Å². The number of carbonyl (C=O) groups is 1. The second-order valence-electron chi connectivity index (χ2n) is 5.60. The highest BCUT2D eigenvalue weighted by molar-refractivity contribution is 5.97. The smallest absolute Gasteiger partial charge is 0.326 e. The van der Waals surface area contributed by atoms with E-state index in [4.69, 9.17) is 4.74 Å². The van der Waals surface area contributed by atoms with Gasteiger partial charge in [0.05, 0.1) is 42.8 Å². The highest BCUT2D eigenvalue weighted by Crippen LogP contribution is 2.13. The Hall–Kier alpha value is -3.20. The van der Waals surface area contributed by atoms with Gasteiger partial charge in [0, 0.05) is 18.2 Å². The summed E-state index contributed by atoms with van der Waals surface area (Å²) in [6.07, 6.45) is 1.28. The molecule has 2 aromatic heterocycles. The molecule has 26 heavy (non-hydrogen) atoms. The van der Waals surface area contributed by atoms with Gasteiger partial charge in [-0.1, -0.05) is 0 Å². The molecule has 3 N–H and O–H groups in total. The SMILES string of the molecule is CCOCCn1c(=O)[nH]c2cc(C(=O)NCc3cc(=O)[nH]cn3)ccc21. The molecule has 0 spiro atoms. The zero-order valence-electron chi connectivity index (χ0n) is 14.2. The van der Waals surface area contributed by atoms with E-state index < -0.39 is 0 Å². The highest BCUT2D eigenvalue weighted by Gasteiger charge is 2.11. The number of rotatable bonds is 7. The number of carbonyl (C=O) groups excluding carboxylic acids is 1. The van der Waals surface area contributed by atoms with Gasteiger partial charge in [0.1, 0.15) is 0 Å². The Morgan fingerprint density at radius 2 is 2.15 bits per heavy atom. The van der Waals surface area contributed by atoms with Crippen LogP contribution in [0.15, 0.2) is 40.2 Å². The van der Waals surface area contributed by atoms with E-state index in [2.05, 4.69) is 20.3 Å². The summed E-state index contributed by atoms with van der Waals surface area (Å²) in [6.45, 7) is 3.49. The predicted octanol–water partition coefficient (Wildman–Crippen LogP) is 0.379. The first kappa shape index (κ1) is 17.6. The largest absolute Gasteiger partial charge is 0.380 e. The lowest BCUT2D eigenvalue weighted by Crippen LogP contribution is -2.24. The first-order chi connectivity index (χ1) is 12.6. The number of imidazole rings is 1. The number of H-pyrrole nitrogens is 2. The molecule has 0 bridgehead atoms. The zero-order valence-corrected chi connectivity index (χ0v) is 14.2. The molecule has 0 saturated carbocycles. The van der Waals surface area contributed by atoms with Crippen molar-refractivity contribution in [2.24, 2.45) is 0 Å². The lowest BCUT2D eigenvalue weighted by atomic mass is 10.2. The van der Waals surface area contributed by atoms with Gasteiger partial charge in [-0.2, -0.15) is 0 Å². The van der Waals surface area contributed by atoms with E-state index >= 15 is 0 Å². The average Bonchev–Trinajstić information content (AvgIpc) is 2.94. The van der Waals surface area contributed by atoms with Gasteiger partial charge in [-0.15, -0.1) is 0 Å². The van der Waals surface area contributed by atoms with E-state index in [1.807, 2.05) is 6.92 Å². The fourth-order valence-electron chi connectivity index (χ4n) is 2.61. The van der Waals surface area contributed by atoms with Crippen molar-refractivity contribution in [3.05, 3.63) is 62.7 Å². The quantitative estimate of drug-likeness (QED) is 0.528. The van der Waals surface area contributed by atoms with Crippen molar-refractivity contribution in [3.63, 3.8) is 0 Å². The van der Waals surface area contributed by atoms with Crippen molar-refractivity contribution < 1.29 is 9.53 Å². The van der Waals surface area contributed by atoms with Crippen LogP contribution in [0.4, 0.5) is 0 Å². The van der Waals surface area contributed by atoms with Gasteiger partial charge in [0.25, 0.3) is 11.5 Å². The minimum absolute atomic E-state index is 0.132. The summed E-state index contributed by atoms with van der Waals surface area (Å²) in [4.78, 5) is 44.7. The standard InChI is InChI=1S/C17H19N5O4/c1-2-26-6-5-22-14-4-3-11(7-13(14)21-17(22)25)16(24)18-9-12-8-15(23)20-10-19-12/h3-4,7-8,10H,2,5-6,9H2,1H3,(H,18,24)(H,21,25)(H,19,20,23). The van der Waals surface area contributed by atoms with E-state index in [9.17, 15) is 14.4 Å². The van der Waals surface area contributed by atoms with Crippen LogP contribution in [-0.2, 0) is 17.8 Å². The summed E-state index contributed by atoms with van der Waals surface area (Å²) in [5, 5.41) is 2.70. The van der Waals surface area contributed by atoms with E-state index in [1.54, 1.807) is 22.8 Å². The molecule has 9 heteroatoms. The van der Waals surface area contributed by atoms with Crippen molar-refractivity contribution in [2.45, 2.75) is 20.0 Å². The second-order valence-corrected chi connectivity index (χ2v) is 5.60. The Bertz CT molecular complexity index is 1030. The fourth-order valence-corrected chi connectivity index (χ4v) is 2.61. The molecular formula is C17H19N5O4. The Morgan fingerprint density at radius 3 is 2.92 bits per heavy atom. The summed E-state index contributed by atoms with van der Waals surface area (Å²) in [7, 11) is 0. The third-order valence-corrected chi connectivity index (χ3v) is 3.86. The predicted molar refractivity (Wildman–Crippen MR) is 95.1 cm³/mol. The Balaban J connectivity index is 1.75. The molecule has 3 aromatic rings. The molecule has 0 atom stereocenters. The molecule has 0 saturated heterocycles. The molecule has 0 radical (unpaired) electrons. The maximum absolute atomic E-state index is 12.3. The number of amides is 1. The number of nitrogens with zero attached hydrogens (tertiary/aromatic N) is 2. The van der Waals surface area contributed by atoms with Crippen LogP contribution in [0.25, 0.3) is 11.0 Å². The van der Waals surface area contributed by atoms with Gasteiger partial charge in [-0.3, -0.25) is 14.2 Å². The van der Waals surface area contributed by atoms with Crippen molar-refractivity contribution in [2.75, 3.05) is 13.2 Å². The minimum atomic E-state index is -0.322. The third kappa shape index (κ3) is 3.89. The lowest BCUT2D eigenvalue weighted by molar-refractivity contribution is 0.0950. The normalized spacial score (nSPS) is 11.0. The molecule has 0 aliphatic heterocycles. The van der Waals surface area contributed by atoms with Gasteiger partial charge in [0.15, 0.2) is 0 Å². The van der Waals surface area contributed by atoms with Gasteiger partial charge in [-0.05, 0) is 25.1 Å². The van der Waals surface area contributed by atoms with Crippen LogP contribution in [0, 0.1) is 0 Å². The van der Waals surface area contributed by atoms with E-state index in [1.165, 1.54) is 12.4 Å². The molecule has 3 rings (SSSR count). The van der Waals surface area contributed by atoms with E-state index in [0.29, 0.717) is 42.0 Å². The van der Waals surface area contributed by atoms with Gasteiger partial charge >= 0.3 is 5.69 Å². The number of hydrogen-bond donors (Lipinski definition) is 3. The number of hydrogen-bond acceptors (Lipinski definition) is 5. The lowest BCUT2D eigenvalue weighted by Gasteiger charge is -2.06. The Kier molecular flexibility index (Phi) is 5.28. The van der Waals surface area contributed by atoms with Gasteiger partial charge in [0.2, 0.25) is 0 Å². The average molecular weight is 357 g/mol. The van der Waals surface area contributed by atoms with Crippen LogP contribution in [0.5, 0.6) is 0 Å². The molecule has 0 unspecified atom stereocenters. The first-order valence-corrected chi connectivity index (χ1v) is 8.20. The van der Waals surface area contributed by atoms with Gasteiger partial charge in [-0.25, -0.2) is 9.78 Å². The summed E-state index contributed by atoms with van der Waals surface area (Å²) in [6, 6.07) is 6.31. The van der Waals surface area contributed by atoms with E-state index in [-0.39, 0.29) is 23.7 Å². The molecular weight excluding hydrogens is 338 g/mol. The monoisotopic (exact) mass is 357 g/mol. The number of benzene rings is 1. The number of aromatic nitrogens is 4. The Morgan fingerprint density at radius 1 is 1.31 bits per heavy atom. The van der Waals surface area contributed by atoms with Crippen LogP contribution in [0.1, 0.15) is 23.0 Å². The molecule has 9 nitrogen and oxygen atoms in total. The third-order valence-electron chi connectivity index (χ3n) is 3.86. The van der Waals surface area contributed by atoms with Crippen LogP contribution >= 0.6 is 0 Å². The fraction of sp³-hybridized carbons (Fsp3) is 0.294. The zero-order chi connectivity index (χ0) is 18.5. The van der Waals surface area contributed by atoms with Gasteiger partial charge < -0.3 is 20.0 Å². The summed E-state index contributed by atoms with van der Waals surface area (Å²) < 4.78 is 6.86. The molecule has 0 aliphatic rings. The number of aromatic amines is 2. The second kappa shape index (κ2) is 7.79. The highest BCUT2D eigenvalue weighted by atomic mass is 16.5. The summed E-state index contributed by atoms with van der Waals surface area (Å²) in [5.74, 6) is -0.322. The van der Waals surface area contributed by atoms with Crippen LogP contribution in [-0.4, -0.2) is 38.6 Å². The number of fused-ring (bicyclic) bond motifs is 1. The van der Waals surface area contributed by atoms with E-state index in [0.717, 1.165) is 0 Å². The van der Waals surface area contributed by atoms with Crippen molar-refractivity contribution >= 4 is 16.9 Å². The number of nitrogens with one attached hydrogen (secondary N) is 3. The molecule has 0 fully saturated rings. The number of ether oxygens (including phenoxy) is 1. The molecule has 2 heterocycles. The summed E-state index contributed by atoms with van der Waals surface area (Å²) in [5.41, 5.74) is 1.62. The molecule has 0 aliphatic carbocycles. The topological polar surface area (TPSA) is 122 Å². The van der Waals surface area contributed by atoms with Crippen LogP contribution in [0.3, 0.4) is 0 Å². The van der Waals surface area contributed by atoms with Crippen molar-refractivity contribution in [1.29, 1.82) is 0 Å². The minimum Gasteiger partial charge on any atom is -0.380 e.